The normalized spacial score (nSPS) is 17.8. The molecule has 98 valence electrons. The summed E-state index contributed by atoms with van der Waals surface area (Å²) in [6.45, 7) is 1.26. The first kappa shape index (κ1) is 12.3. The van der Waals surface area contributed by atoms with Crippen LogP contribution in [0, 0.1) is 0 Å². The van der Waals surface area contributed by atoms with Crippen LogP contribution in [-0.4, -0.2) is 16.9 Å². The molecule has 1 aromatic carbocycles. The number of benzene rings is 1. The van der Waals surface area contributed by atoms with Crippen molar-refractivity contribution in [3.05, 3.63) is 52.0 Å². The zero-order valence-corrected chi connectivity index (χ0v) is 11.2. The van der Waals surface area contributed by atoms with Crippen LogP contribution < -0.4 is 10.6 Å². The first-order chi connectivity index (χ1) is 9.33. The van der Waals surface area contributed by atoms with Crippen LogP contribution in [-0.2, 0) is 24.3 Å². The lowest BCUT2D eigenvalue weighted by molar-refractivity contribution is -0.123. The number of aromatic nitrogens is 1. The highest BCUT2D eigenvalue weighted by Gasteiger charge is 2.23. The summed E-state index contributed by atoms with van der Waals surface area (Å²) in [5.74, 6) is 0.0440. The van der Waals surface area contributed by atoms with Crippen molar-refractivity contribution in [2.75, 3.05) is 0 Å². The third-order valence-corrected chi connectivity index (χ3v) is 3.96. The molecule has 1 amide bonds. The molecule has 5 heteroatoms. The first-order valence-electron chi connectivity index (χ1n) is 6.28. The SMILES string of the molecule is O=C(NCc1cscn1)[C@H]1Cc2ccccc2CN1. The number of carbonyl (C=O) groups is 1. The smallest absolute Gasteiger partial charge is 0.237 e. The van der Waals surface area contributed by atoms with Crippen LogP contribution in [0.3, 0.4) is 0 Å². The average molecular weight is 273 g/mol. The standard InChI is InChI=1S/C14H15N3OS/c18-14(16-7-12-8-19-9-17-12)13-5-10-3-1-2-4-11(10)6-15-13/h1-4,8-9,13,15H,5-7H2,(H,16,18)/t13-/m1/s1. The van der Waals surface area contributed by atoms with Crippen LogP contribution in [0.25, 0.3) is 0 Å². The molecule has 1 atom stereocenters. The van der Waals surface area contributed by atoms with E-state index in [-0.39, 0.29) is 11.9 Å². The molecule has 0 saturated carbocycles. The fourth-order valence-electron chi connectivity index (χ4n) is 2.27. The number of hydrogen-bond acceptors (Lipinski definition) is 4. The lowest BCUT2D eigenvalue weighted by Crippen LogP contribution is -2.47. The Kier molecular flexibility index (Phi) is 3.57. The Hall–Kier alpha value is -1.72. The highest BCUT2D eigenvalue weighted by Crippen LogP contribution is 2.16. The highest BCUT2D eigenvalue weighted by molar-refractivity contribution is 7.07. The molecule has 1 aliphatic heterocycles. The zero-order chi connectivity index (χ0) is 13.1. The second-order valence-electron chi connectivity index (χ2n) is 4.60. The van der Waals surface area contributed by atoms with Crippen LogP contribution in [0.5, 0.6) is 0 Å². The van der Waals surface area contributed by atoms with Gasteiger partial charge in [0, 0.05) is 11.9 Å². The number of nitrogens with one attached hydrogen (secondary N) is 2. The van der Waals surface area contributed by atoms with Crippen LogP contribution in [0.2, 0.25) is 0 Å². The number of nitrogens with zero attached hydrogens (tertiary/aromatic N) is 1. The van der Waals surface area contributed by atoms with Crippen molar-refractivity contribution in [1.29, 1.82) is 0 Å². The number of thiazole rings is 1. The molecule has 0 fully saturated rings. The molecule has 1 aromatic heterocycles. The van der Waals surface area contributed by atoms with E-state index in [0.717, 1.165) is 18.7 Å². The molecule has 19 heavy (non-hydrogen) atoms. The number of rotatable bonds is 3. The summed E-state index contributed by atoms with van der Waals surface area (Å²) < 4.78 is 0. The van der Waals surface area contributed by atoms with Crippen molar-refractivity contribution < 1.29 is 4.79 Å². The minimum Gasteiger partial charge on any atom is -0.349 e. The molecule has 2 aromatic rings. The second-order valence-corrected chi connectivity index (χ2v) is 5.32. The van der Waals surface area contributed by atoms with Crippen molar-refractivity contribution in [3.63, 3.8) is 0 Å². The van der Waals surface area contributed by atoms with Crippen molar-refractivity contribution in [2.45, 2.75) is 25.6 Å². The van der Waals surface area contributed by atoms with Crippen LogP contribution in [0.1, 0.15) is 16.8 Å². The molecule has 0 saturated heterocycles. The van der Waals surface area contributed by atoms with E-state index in [2.05, 4.69) is 27.8 Å². The van der Waals surface area contributed by atoms with Gasteiger partial charge in [0.1, 0.15) is 0 Å². The molecule has 0 radical (unpaired) electrons. The monoisotopic (exact) mass is 273 g/mol. The van der Waals surface area contributed by atoms with Gasteiger partial charge in [0.25, 0.3) is 0 Å². The molecule has 0 spiro atoms. The predicted octanol–water partition coefficient (Wildman–Crippen LogP) is 1.47. The average Bonchev–Trinajstić information content (AvgIpc) is 2.97. The summed E-state index contributed by atoms with van der Waals surface area (Å²) in [5.41, 5.74) is 5.23. The van der Waals surface area contributed by atoms with Gasteiger partial charge in [-0.05, 0) is 17.5 Å². The van der Waals surface area contributed by atoms with Crippen molar-refractivity contribution in [1.82, 2.24) is 15.6 Å². The fourth-order valence-corrected chi connectivity index (χ4v) is 2.82. The molecular weight excluding hydrogens is 258 g/mol. The zero-order valence-electron chi connectivity index (χ0n) is 10.4. The number of hydrogen-bond donors (Lipinski definition) is 2. The van der Waals surface area contributed by atoms with Crippen LogP contribution >= 0.6 is 11.3 Å². The van der Waals surface area contributed by atoms with Crippen molar-refractivity contribution >= 4 is 17.2 Å². The second kappa shape index (κ2) is 5.50. The highest BCUT2D eigenvalue weighted by atomic mass is 32.1. The maximum atomic E-state index is 12.1. The third kappa shape index (κ3) is 2.83. The molecular formula is C14H15N3OS. The number of amides is 1. The summed E-state index contributed by atoms with van der Waals surface area (Å²) in [7, 11) is 0. The maximum Gasteiger partial charge on any atom is 0.237 e. The van der Waals surface area contributed by atoms with E-state index in [1.807, 2.05) is 17.5 Å². The van der Waals surface area contributed by atoms with E-state index in [1.165, 1.54) is 22.5 Å². The van der Waals surface area contributed by atoms with E-state index in [9.17, 15) is 4.79 Å². The van der Waals surface area contributed by atoms with Gasteiger partial charge in [0.15, 0.2) is 0 Å². The molecule has 4 nitrogen and oxygen atoms in total. The molecule has 0 bridgehead atoms. The largest absolute Gasteiger partial charge is 0.349 e. The molecule has 3 rings (SSSR count). The molecule has 1 aliphatic rings. The van der Waals surface area contributed by atoms with Gasteiger partial charge in [-0.3, -0.25) is 4.79 Å². The van der Waals surface area contributed by atoms with Crippen molar-refractivity contribution in [2.24, 2.45) is 0 Å². The Morgan fingerprint density at radius 3 is 3.05 bits per heavy atom. The van der Waals surface area contributed by atoms with Crippen LogP contribution in [0.4, 0.5) is 0 Å². The van der Waals surface area contributed by atoms with Gasteiger partial charge in [0.05, 0.1) is 23.8 Å². The maximum absolute atomic E-state index is 12.1. The summed E-state index contributed by atoms with van der Waals surface area (Å²) in [6.07, 6.45) is 0.749. The molecule has 0 aliphatic carbocycles. The summed E-state index contributed by atoms with van der Waals surface area (Å²) in [6, 6.07) is 8.11. The van der Waals surface area contributed by atoms with E-state index in [4.69, 9.17) is 0 Å². The van der Waals surface area contributed by atoms with E-state index < -0.39 is 0 Å². The summed E-state index contributed by atoms with van der Waals surface area (Å²) >= 11 is 1.54. The minimum atomic E-state index is -0.145. The van der Waals surface area contributed by atoms with E-state index in [1.54, 1.807) is 5.51 Å². The van der Waals surface area contributed by atoms with E-state index in [0.29, 0.717) is 6.54 Å². The van der Waals surface area contributed by atoms with Gasteiger partial charge in [-0.25, -0.2) is 4.98 Å². The Morgan fingerprint density at radius 2 is 2.26 bits per heavy atom. The van der Waals surface area contributed by atoms with Crippen LogP contribution in [0.15, 0.2) is 35.2 Å². The topological polar surface area (TPSA) is 54.0 Å². The summed E-state index contributed by atoms with van der Waals surface area (Å²) in [5, 5.41) is 8.15. The third-order valence-electron chi connectivity index (χ3n) is 3.33. The fraction of sp³-hybridized carbons (Fsp3) is 0.286. The minimum absolute atomic E-state index is 0.0440. The van der Waals surface area contributed by atoms with Gasteiger partial charge in [-0.2, -0.15) is 0 Å². The van der Waals surface area contributed by atoms with Gasteiger partial charge >= 0.3 is 0 Å². The lowest BCUT2D eigenvalue weighted by Gasteiger charge is -2.25. The van der Waals surface area contributed by atoms with Gasteiger partial charge in [-0.15, -0.1) is 11.3 Å². The Bertz CT molecular complexity index is 568. The van der Waals surface area contributed by atoms with E-state index >= 15 is 0 Å². The van der Waals surface area contributed by atoms with Gasteiger partial charge in [-0.1, -0.05) is 24.3 Å². The molecule has 0 unspecified atom stereocenters. The molecule has 2 N–H and O–H groups in total. The Morgan fingerprint density at radius 1 is 1.42 bits per heavy atom. The summed E-state index contributed by atoms with van der Waals surface area (Å²) in [4.78, 5) is 16.3. The Balaban J connectivity index is 1.60. The number of carbonyl (C=O) groups excluding carboxylic acids is 1. The lowest BCUT2D eigenvalue weighted by atomic mass is 9.95. The van der Waals surface area contributed by atoms with Gasteiger partial charge in [0.2, 0.25) is 5.91 Å². The first-order valence-corrected chi connectivity index (χ1v) is 7.22. The van der Waals surface area contributed by atoms with Gasteiger partial charge < -0.3 is 10.6 Å². The molecule has 2 heterocycles. The van der Waals surface area contributed by atoms with Crippen molar-refractivity contribution in [3.8, 4) is 0 Å². The number of fused-ring (bicyclic) bond motifs is 1. The predicted molar refractivity (Wildman–Crippen MR) is 74.7 cm³/mol. The Labute approximate surface area is 115 Å². The quantitative estimate of drug-likeness (QED) is 0.890.